The van der Waals surface area contributed by atoms with Gasteiger partial charge in [-0.05, 0) is 94.8 Å². The fourth-order valence-corrected chi connectivity index (χ4v) is 6.08. The summed E-state index contributed by atoms with van der Waals surface area (Å²) in [6.45, 7) is 6.19. The van der Waals surface area contributed by atoms with E-state index in [2.05, 4.69) is 30.9 Å². The number of rotatable bonds is 13. The SMILES string of the molecule is C=O.CC(C)(c1ccc(OC(=O)c2ccc(Cc3ccccc3)cc2C(=O)O)cc1)c1ccc(Oc2ccc(Cc3ccccc3)cc2COO)cc1. The second kappa shape index (κ2) is 17.7. The Morgan fingerprint density at radius 1 is 0.604 bits per heavy atom. The maximum Gasteiger partial charge on any atom is 0.344 e. The summed E-state index contributed by atoms with van der Waals surface area (Å²) < 4.78 is 11.8. The van der Waals surface area contributed by atoms with Crippen LogP contribution in [0.5, 0.6) is 17.2 Å². The number of hydrogen-bond acceptors (Lipinski definition) is 7. The Kier molecular flexibility index (Phi) is 12.7. The van der Waals surface area contributed by atoms with Crippen molar-refractivity contribution in [3.8, 4) is 17.2 Å². The number of benzene rings is 6. The predicted molar refractivity (Wildman–Crippen MR) is 203 cm³/mol. The summed E-state index contributed by atoms with van der Waals surface area (Å²) in [5, 5.41) is 19.1. The van der Waals surface area contributed by atoms with Gasteiger partial charge in [0.15, 0.2) is 0 Å². The number of esters is 1. The van der Waals surface area contributed by atoms with Crippen molar-refractivity contribution in [2.45, 2.75) is 38.7 Å². The second-order valence-electron chi connectivity index (χ2n) is 12.9. The minimum atomic E-state index is -1.19. The van der Waals surface area contributed by atoms with Crippen LogP contribution in [0.25, 0.3) is 0 Å². The number of carbonyl (C=O) groups is 3. The molecule has 0 radical (unpaired) electrons. The third-order valence-electron chi connectivity index (χ3n) is 8.97. The van der Waals surface area contributed by atoms with Gasteiger partial charge in [-0.15, -0.1) is 0 Å². The van der Waals surface area contributed by atoms with E-state index in [1.54, 1.807) is 18.2 Å². The van der Waals surface area contributed by atoms with Gasteiger partial charge in [0.25, 0.3) is 0 Å². The van der Waals surface area contributed by atoms with Gasteiger partial charge in [0.2, 0.25) is 0 Å². The quantitative estimate of drug-likeness (QED) is 0.0527. The van der Waals surface area contributed by atoms with Gasteiger partial charge in [0, 0.05) is 11.0 Å². The van der Waals surface area contributed by atoms with Gasteiger partial charge in [0.05, 0.1) is 11.1 Å². The van der Waals surface area contributed by atoms with Gasteiger partial charge >= 0.3 is 11.9 Å². The highest BCUT2D eigenvalue weighted by Gasteiger charge is 2.24. The Bertz CT molecular complexity index is 2130. The molecule has 6 aromatic rings. The second-order valence-corrected chi connectivity index (χ2v) is 12.9. The van der Waals surface area contributed by atoms with Gasteiger partial charge < -0.3 is 19.4 Å². The monoisotopic (exact) mass is 708 g/mol. The average molecular weight is 709 g/mol. The van der Waals surface area contributed by atoms with Crippen molar-refractivity contribution < 1.29 is 39.1 Å². The first kappa shape index (κ1) is 37.9. The number of aromatic carboxylic acids is 1. The Hall–Kier alpha value is -6.35. The summed E-state index contributed by atoms with van der Waals surface area (Å²) in [4.78, 5) is 37.7. The normalized spacial score (nSPS) is 10.8. The van der Waals surface area contributed by atoms with Gasteiger partial charge in [0.1, 0.15) is 30.6 Å². The standard InChI is InChI=1S/C44H38O7.CH2O/c1-44(2,35-15-19-37(20-16-35)50-41-24-14-32(27-34(41)29-49-48)25-30-9-5-3-6-10-30)36-17-21-38(22-18-36)51-43(47)39-23-13-33(28-40(39)42(45)46)26-31-11-7-4-8-12-31;1-2/h3-24,27-28,48H,25-26,29H2,1-2H3,(H,45,46);1H2. The lowest BCUT2D eigenvalue weighted by Crippen LogP contribution is -2.19. The molecule has 0 heterocycles. The molecule has 0 aliphatic heterocycles. The van der Waals surface area contributed by atoms with Crippen LogP contribution < -0.4 is 9.47 Å². The van der Waals surface area contributed by atoms with E-state index in [1.807, 2.05) is 110 Å². The lowest BCUT2D eigenvalue weighted by Gasteiger charge is -2.26. The average Bonchev–Trinajstić information content (AvgIpc) is 3.18. The minimum Gasteiger partial charge on any atom is -0.478 e. The van der Waals surface area contributed by atoms with Crippen LogP contribution in [0, 0.1) is 0 Å². The largest absolute Gasteiger partial charge is 0.478 e. The zero-order valence-electron chi connectivity index (χ0n) is 29.5. The van der Waals surface area contributed by atoms with Crippen LogP contribution >= 0.6 is 0 Å². The van der Waals surface area contributed by atoms with Crippen LogP contribution in [0.15, 0.2) is 146 Å². The van der Waals surface area contributed by atoms with Crippen LogP contribution in [0.1, 0.15) is 73.5 Å². The topological polar surface area (TPSA) is 119 Å². The van der Waals surface area contributed by atoms with Crippen molar-refractivity contribution in [2.75, 3.05) is 0 Å². The summed E-state index contributed by atoms with van der Waals surface area (Å²) in [7, 11) is 0. The molecule has 0 aliphatic carbocycles. The van der Waals surface area contributed by atoms with Crippen molar-refractivity contribution in [1.29, 1.82) is 0 Å². The molecule has 0 amide bonds. The molecule has 0 aromatic heterocycles. The van der Waals surface area contributed by atoms with Crippen LogP contribution in [-0.4, -0.2) is 29.1 Å². The first-order chi connectivity index (χ1) is 25.7. The zero-order chi connectivity index (χ0) is 37.8. The Labute approximate surface area is 308 Å². The summed E-state index contributed by atoms with van der Waals surface area (Å²) in [6, 6.07) is 45.6. The fourth-order valence-electron chi connectivity index (χ4n) is 6.08. The van der Waals surface area contributed by atoms with Crippen molar-refractivity contribution in [1.82, 2.24) is 0 Å². The Morgan fingerprint density at radius 2 is 1.11 bits per heavy atom. The molecule has 0 spiro atoms. The van der Waals surface area contributed by atoms with Crippen molar-refractivity contribution in [3.05, 3.63) is 196 Å². The summed E-state index contributed by atoms with van der Waals surface area (Å²) in [6.07, 6.45) is 1.30. The molecule has 0 bridgehead atoms. The molecule has 268 valence electrons. The Balaban J connectivity index is 0.00000266. The third-order valence-corrected chi connectivity index (χ3v) is 8.97. The van der Waals surface area contributed by atoms with Crippen molar-refractivity contribution in [3.63, 3.8) is 0 Å². The van der Waals surface area contributed by atoms with E-state index in [-0.39, 0.29) is 17.7 Å². The maximum atomic E-state index is 13.1. The molecular weight excluding hydrogens is 668 g/mol. The van der Waals surface area contributed by atoms with E-state index < -0.39 is 17.4 Å². The third kappa shape index (κ3) is 9.71. The molecular formula is C45H40O8. The molecule has 0 saturated heterocycles. The summed E-state index contributed by atoms with van der Waals surface area (Å²) >= 11 is 0. The molecule has 8 heteroatoms. The zero-order valence-corrected chi connectivity index (χ0v) is 29.5. The number of carboxylic acids is 1. The molecule has 8 nitrogen and oxygen atoms in total. The molecule has 0 atom stereocenters. The van der Waals surface area contributed by atoms with Gasteiger partial charge in [-0.1, -0.05) is 111 Å². The van der Waals surface area contributed by atoms with Crippen LogP contribution in [0.2, 0.25) is 0 Å². The van der Waals surface area contributed by atoms with Gasteiger partial charge in [-0.25, -0.2) is 14.5 Å². The highest BCUT2D eigenvalue weighted by molar-refractivity contribution is 6.03. The van der Waals surface area contributed by atoms with Gasteiger partial charge in [-0.3, -0.25) is 5.26 Å². The lowest BCUT2D eigenvalue weighted by atomic mass is 9.78. The Morgan fingerprint density at radius 3 is 1.64 bits per heavy atom. The number of ether oxygens (including phenoxy) is 2. The predicted octanol–water partition coefficient (Wildman–Crippen LogP) is 9.71. The number of carboxylic acid groups (broad SMARTS) is 1. The highest BCUT2D eigenvalue weighted by Crippen LogP contribution is 2.35. The van der Waals surface area contributed by atoms with Crippen molar-refractivity contribution >= 4 is 18.7 Å². The molecule has 0 aliphatic rings. The fraction of sp³-hybridized carbons (Fsp3) is 0.133. The molecule has 0 saturated carbocycles. The minimum absolute atomic E-state index is 0.00383. The first-order valence-electron chi connectivity index (χ1n) is 16.9. The van der Waals surface area contributed by atoms with Crippen molar-refractivity contribution in [2.24, 2.45) is 0 Å². The smallest absolute Gasteiger partial charge is 0.344 e. The van der Waals surface area contributed by atoms with E-state index in [0.29, 0.717) is 23.7 Å². The summed E-state index contributed by atoms with van der Waals surface area (Å²) in [5.74, 6) is -0.384. The highest BCUT2D eigenvalue weighted by atomic mass is 17.1. The molecule has 0 fully saturated rings. The van der Waals surface area contributed by atoms with E-state index in [9.17, 15) is 20.0 Å². The first-order valence-corrected chi connectivity index (χ1v) is 16.9. The van der Waals surface area contributed by atoms with E-state index in [1.165, 1.54) is 17.7 Å². The van der Waals surface area contributed by atoms with E-state index in [4.69, 9.17) is 14.3 Å². The number of hydrogen-bond donors (Lipinski definition) is 2. The summed E-state index contributed by atoms with van der Waals surface area (Å²) in [5.41, 5.74) is 6.35. The molecule has 2 N–H and O–H groups in total. The van der Waals surface area contributed by atoms with Crippen LogP contribution in [0.4, 0.5) is 0 Å². The van der Waals surface area contributed by atoms with Gasteiger partial charge in [-0.2, -0.15) is 0 Å². The number of carbonyl (C=O) groups excluding carboxylic acids is 2. The van der Waals surface area contributed by atoms with Crippen LogP contribution in [-0.2, 0) is 34.5 Å². The van der Waals surface area contributed by atoms with Crippen LogP contribution in [0.3, 0.4) is 0 Å². The van der Waals surface area contributed by atoms with E-state index in [0.717, 1.165) is 39.8 Å². The molecule has 6 rings (SSSR count). The molecule has 6 aromatic carbocycles. The molecule has 53 heavy (non-hydrogen) atoms. The lowest BCUT2D eigenvalue weighted by molar-refractivity contribution is -0.253. The van der Waals surface area contributed by atoms with E-state index >= 15 is 0 Å². The molecule has 0 unspecified atom stereocenters. The maximum absolute atomic E-state index is 13.1.